The quantitative estimate of drug-likeness (QED) is 0.0211. The summed E-state index contributed by atoms with van der Waals surface area (Å²) in [4.78, 5) is 35.8. The van der Waals surface area contributed by atoms with Crippen LogP contribution in [0.5, 0.6) is 0 Å². The Hall–Kier alpha value is -1.25. The minimum atomic E-state index is -4.38. The second-order valence-corrected chi connectivity index (χ2v) is 26.7. The average Bonchev–Trinajstić information content (AvgIpc) is 3.41. The summed E-state index contributed by atoms with van der Waals surface area (Å²) in [6, 6.07) is 0. The second-order valence-electron chi connectivity index (χ2n) is 25.3. The Morgan fingerprint density at radius 1 is 0.380 bits per heavy atom. The predicted octanol–water partition coefficient (Wildman–Crippen LogP) is 22.3. The summed E-state index contributed by atoms with van der Waals surface area (Å²) in [6.07, 6.45) is 74.6. The van der Waals surface area contributed by atoms with Crippen LogP contribution in [0.1, 0.15) is 367 Å². The number of nitrogens with zero attached hydrogens (tertiary/aromatic N) is 1. The molecule has 1 N–H and O–H groups in total. The van der Waals surface area contributed by atoms with Crippen LogP contribution in [0.3, 0.4) is 0 Å². The summed E-state index contributed by atoms with van der Waals surface area (Å²) in [5.41, 5.74) is 0. The monoisotopic (exact) mass is 1140 g/mol. The van der Waals surface area contributed by atoms with Gasteiger partial charge < -0.3 is 18.9 Å². The van der Waals surface area contributed by atoms with Crippen molar-refractivity contribution in [2.45, 2.75) is 373 Å². The lowest BCUT2D eigenvalue weighted by molar-refractivity contribution is -0.870. The molecule has 0 radical (unpaired) electrons. The van der Waals surface area contributed by atoms with Crippen molar-refractivity contribution in [2.75, 3.05) is 47.5 Å². The molecule has 0 aromatic heterocycles. The molecule has 0 amide bonds. The Morgan fingerprint density at radius 2 is 0.646 bits per heavy atom. The number of unbranched alkanes of at least 4 members (excludes halogenated alkanes) is 50. The van der Waals surface area contributed by atoms with Crippen LogP contribution in [0.15, 0.2) is 12.2 Å². The van der Waals surface area contributed by atoms with Crippen molar-refractivity contribution in [1.29, 1.82) is 0 Å². The van der Waals surface area contributed by atoms with E-state index in [0.29, 0.717) is 17.4 Å². The molecule has 2 atom stereocenters. The van der Waals surface area contributed by atoms with Gasteiger partial charge in [0.1, 0.15) is 19.8 Å². The van der Waals surface area contributed by atoms with Gasteiger partial charge in [-0.25, -0.2) is 4.57 Å². The number of carbonyl (C=O) groups is 2. The molecule has 2 unspecified atom stereocenters. The number of carbonyl (C=O) groups excluding carboxylic acids is 2. The summed E-state index contributed by atoms with van der Waals surface area (Å²) < 4.78 is 34.7. The molecule has 0 bridgehead atoms. The van der Waals surface area contributed by atoms with Gasteiger partial charge in [0, 0.05) is 12.8 Å². The van der Waals surface area contributed by atoms with E-state index in [9.17, 15) is 19.0 Å². The number of hydrogen-bond acceptors (Lipinski definition) is 7. The number of rotatable bonds is 66. The smallest absolute Gasteiger partial charge is 0.462 e. The minimum Gasteiger partial charge on any atom is -0.462 e. The lowest BCUT2D eigenvalue weighted by Crippen LogP contribution is -2.37. The minimum absolute atomic E-state index is 0.0366. The largest absolute Gasteiger partial charge is 0.472 e. The molecule has 0 rings (SSSR count). The zero-order chi connectivity index (χ0) is 57.7. The zero-order valence-corrected chi connectivity index (χ0v) is 54.5. The highest BCUT2D eigenvalue weighted by molar-refractivity contribution is 7.47. The fraction of sp³-hybridized carbons (Fsp3) is 0.942. The molecule has 0 spiro atoms. The molecular weight excluding hydrogens is 1000 g/mol. The Morgan fingerprint density at radius 3 is 0.937 bits per heavy atom. The third-order valence-corrected chi connectivity index (χ3v) is 17.0. The molecule has 79 heavy (non-hydrogen) atoms. The molecule has 9 nitrogen and oxygen atoms in total. The van der Waals surface area contributed by atoms with Crippen LogP contribution in [0.25, 0.3) is 0 Å². The van der Waals surface area contributed by atoms with Gasteiger partial charge in [-0.1, -0.05) is 328 Å². The van der Waals surface area contributed by atoms with Crippen LogP contribution in [-0.4, -0.2) is 74.9 Å². The zero-order valence-electron chi connectivity index (χ0n) is 53.7. The van der Waals surface area contributed by atoms with Gasteiger partial charge >= 0.3 is 19.8 Å². The molecule has 470 valence electrons. The summed E-state index contributed by atoms with van der Waals surface area (Å²) in [6.45, 7) is 4.52. The first kappa shape index (κ1) is 77.8. The number of phosphoric acid groups is 1. The molecule has 0 aliphatic heterocycles. The maximum atomic E-state index is 12.9. The van der Waals surface area contributed by atoms with Crippen molar-refractivity contribution in [3.63, 3.8) is 0 Å². The number of quaternary nitrogens is 1. The average molecular weight is 1140 g/mol. The van der Waals surface area contributed by atoms with Crippen molar-refractivity contribution in [2.24, 2.45) is 0 Å². The molecule has 0 saturated carbocycles. The van der Waals surface area contributed by atoms with E-state index in [0.717, 1.165) is 38.5 Å². The van der Waals surface area contributed by atoms with Gasteiger partial charge in [-0.2, -0.15) is 0 Å². The Labute approximate surface area is 492 Å². The first-order valence-electron chi connectivity index (χ1n) is 34.9. The van der Waals surface area contributed by atoms with Gasteiger partial charge in [-0.05, 0) is 38.5 Å². The van der Waals surface area contributed by atoms with E-state index in [2.05, 4.69) is 26.0 Å². The first-order chi connectivity index (χ1) is 38.5. The van der Waals surface area contributed by atoms with Crippen molar-refractivity contribution in [3.8, 4) is 0 Å². The summed E-state index contributed by atoms with van der Waals surface area (Å²) in [5.74, 6) is -0.770. The summed E-state index contributed by atoms with van der Waals surface area (Å²) >= 11 is 0. The third kappa shape index (κ3) is 65.8. The van der Waals surface area contributed by atoms with E-state index in [4.69, 9.17) is 18.5 Å². The van der Waals surface area contributed by atoms with Gasteiger partial charge in [-0.15, -0.1) is 0 Å². The maximum absolute atomic E-state index is 12.9. The maximum Gasteiger partial charge on any atom is 0.472 e. The molecule has 0 saturated heterocycles. The molecule has 10 heteroatoms. The fourth-order valence-corrected chi connectivity index (χ4v) is 11.4. The van der Waals surface area contributed by atoms with Gasteiger partial charge in [0.25, 0.3) is 0 Å². The van der Waals surface area contributed by atoms with Gasteiger partial charge in [0.05, 0.1) is 27.7 Å². The molecule has 0 heterocycles. The van der Waals surface area contributed by atoms with Crippen molar-refractivity contribution >= 4 is 19.8 Å². The van der Waals surface area contributed by atoms with Crippen LogP contribution in [0.4, 0.5) is 0 Å². The lowest BCUT2D eigenvalue weighted by atomic mass is 10.0. The van der Waals surface area contributed by atoms with Crippen LogP contribution < -0.4 is 0 Å². The molecule has 0 aromatic rings. The van der Waals surface area contributed by atoms with Gasteiger partial charge in [0.15, 0.2) is 6.10 Å². The van der Waals surface area contributed by atoms with E-state index >= 15 is 0 Å². The lowest BCUT2D eigenvalue weighted by Gasteiger charge is -2.24. The van der Waals surface area contributed by atoms with E-state index in [1.165, 1.54) is 302 Å². The number of phosphoric ester groups is 1. The van der Waals surface area contributed by atoms with Crippen molar-refractivity contribution in [3.05, 3.63) is 12.2 Å². The molecule has 0 fully saturated rings. The Bertz CT molecular complexity index is 1340. The topological polar surface area (TPSA) is 108 Å². The van der Waals surface area contributed by atoms with Crippen LogP contribution in [0.2, 0.25) is 0 Å². The standard InChI is InChI=1S/C69H136NO8P/c1-6-8-10-12-14-16-18-20-22-24-26-28-30-32-33-34-35-36-37-38-40-42-44-46-48-50-52-54-56-58-60-62-69(72)78-67(66-77-79(73,74)76-64-63-70(3,4)5)65-75-68(71)61-59-57-55-53-51-49-47-45-43-41-39-31-29-27-25-23-21-19-17-15-13-11-9-7-2/h24,26,67H,6-23,25,27-66H2,1-5H3/p+1/b26-24-. The Balaban J connectivity index is 3.98. The van der Waals surface area contributed by atoms with E-state index in [1.54, 1.807) is 0 Å². The molecule has 0 aliphatic carbocycles. The third-order valence-electron chi connectivity index (χ3n) is 16.0. The van der Waals surface area contributed by atoms with Crippen LogP contribution in [-0.2, 0) is 32.7 Å². The number of ether oxygens (including phenoxy) is 2. The Kier molecular flexibility index (Phi) is 60.3. The van der Waals surface area contributed by atoms with Crippen molar-refractivity contribution in [1.82, 2.24) is 0 Å². The number of likely N-dealkylation sites (N-methyl/N-ethyl adjacent to an activating group) is 1. The predicted molar refractivity (Wildman–Crippen MR) is 340 cm³/mol. The van der Waals surface area contributed by atoms with Gasteiger partial charge in [0.2, 0.25) is 0 Å². The highest BCUT2D eigenvalue weighted by Crippen LogP contribution is 2.43. The second kappa shape index (κ2) is 61.3. The first-order valence-corrected chi connectivity index (χ1v) is 36.4. The van der Waals surface area contributed by atoms with E-state index in [1.807, 2.05) is 21.1 Å². The number of esters is 2. The van der Waals surface area contributed by atoms with Crippen molar-refractivity contribution < 1.29 is 42.1 Å². The molecule has 0 aromatic carbocycles. The highest BCUT2D eigenvalue weighted by atomic mass is 31.2. The molecule has 0 aliphatic rings. The van der Waals surface area contributed by atoms with E-state index in [-0.39, 0.29) is 25.6 Å². The van der Waals surface area contributed by atoms with E-state index < -0.39 is 26.5 Å². The van der Waals surface area contributed by atoms with Gasteiger partial charge in [-0.3, -0.25) is 18.6 Å². The number of hydrogen-bond donors (Lipinski definition) is 1. The number of allylic oxidation sites excluding steroid dienone is 2. The normalized spacial score (nSPS) is 13.1. The summed E-state index contributed by atoms with van der Waals surface area (Å²) in [7, 11) is 1.50. The fourth-order valence-electron chi connectivity index (χ4n) is 10.7. The van der Waals surface area contributed by atoms with Crippen LogP contribution >= 0.6 is 7.82 Å². The SMILES string of the molecule is CCCCCCCCCC/C=C\CCCCCCCCCCCCCCCCCCCCCC(=O)OC(COC(=O)CCCCCCCCCCCCCCCCCCCCCCCCCC)COP(=O)(O)OCC[N+](C)(C)C. The highest BCUT2D eigenvalue weighted by Gasteiger charge is 2.27. The summed E-state index contributed by atoms with van der Waals surface area (Å²) in [5, 5.41) is 0. The molecular formula is C69H137NO8P+. The van der Waals surface area contributed by atoms with Crippen LogP contribution in [0, 0.1) is 0 Å².